The third-order valence-electron chi connectivity index (χ3n) is 2.24. The maximum Gasteiger partial charge on any atom is 0.151 e. The molecule has 4 heteroatoms. The molecule has 0 N–H and O–H groups in total. The van der Waals surface area contributed by atoms with E-state index in [0.29, 0.717) is 0 Å². The van der Waals surface area contributed by atoms with Crippen molar-refractivity contribution < 1.29 is 4.79 Å². The first-order valence-corrected chi connectivity index (χ1v) is 8.13. The van der Waals surface area contributed by atoms with Gasteiger partial charge in [0.25, 0.3) is 0 Å². The van der Waals surface area contributed by atoms with Gasteiger partial charge in [-0.05, 0) is 37.5 Å². The smallest absolute Gasteiger partial charge is 0.151 e. The summed E-state index contributed by atoms with van der Waals surface area (Å²) in [6.07, 6.45) is 7.42. The van der Waals surface area contributed by atoms with Gasteiger partial charge in [0.2, 0.25) is 0 Å². The molecule has 0 bridgehead atoms. The van der Waals surface area contributed by atoms with E-state index in [1.165, 1.54) is 10.9 Å². The fraction of sp³-hybridized carbons (Fsp3) is 0.545. The predicted octanol–water partition coefficient (Wildman–Crippen LogP) is 3.42. The van der Waals surface area contributed by atoms with Crippen molar-refractivity contribution in [2.45, 2.75) is 19.8 Å². The Morgan fingerprint density at radius 3 is 2.60 bits per heavy atom. The third-order valence-corrected chi connectivity index (χ3v) is 6.49. The first-order chi connectivity index (χ1) is 7.10. The molecule has 0 amide bonds. The summed E-state index contributed by atoms with van der Waals surface area (Å²) < 4.78 is 0. The lowest BCUT2D eigenvalue weighted by Gasteiger charge is -2.07. The highest BCUT2D eigenvalue weighted by atomic mass is 32.7. The highest BCUT2D eigenvalue weighted by molar-refractivity contribution is 8.60. The number of rotatable bonds is 6. The molecule has 1 aliphatic heterocycles. The van der Waals surface area contributed by atoms with Crippen LogP contribution in [0.2, 0.25) is 0 Å². The molecule has 1 rings (SSSR count). The van der Waals surface area contributed by atoms with Gasteiger partial charge in [0, 0.05) is 26.5 Å². The van der Waals surface area contributed by atoms with Crippen LogP contribution in [-0.4, -0.2) is 31.5 Å². The van der Waals surface area contributed by atoms with Gasteiger partial charge in [-0.3, -0.25) is 4.79 Å². The zero-order chi connectivity index (χ0) is 11.4. The van der Waals surface area contributed by atoms with E-state index >= 15 is 0 Å². The van der Waals surface area contributed by atoms with Gasteiger partial charge in [0.15, 0.2) is 6.29 Å². The van der Waals surface area contributed by atoms with Crippen molar-refractivity contribution in [2.24, 2.45) is 0 Å². The average molecular weight is 243 g/mol. The van der Waals surface area contributed by atoms with Gasteiger partial charge in [0.1, 0.15) is 0 Å². The second-order valence-electron chi connectivity index (χ2n) is 3.87. The van der Waals surface area contributed by atoms with Gasteiger partial charge in [0.05, 0.1) is 0 Å². The summed E-state index contributed by atoms with van der Waals surface area (Å²) in [5, 5.41) is 2.51. The van der Waals surface area contributed by atoms with Crippen molar-refractivity contribution in [3.05, 3.63) is 22.4 Å². The van der Waals surface area contributed by atoms with Crippen molar-refractivity contribution in [3.8, 4) is 0 Å². The minimum atomic E-state index is -0.185. The monoisotopic (exact) mass is 243 g/mol. The van der Waals surface area contributed by atoms with Crippen LogP contribution in [0.15, 0.2) is 22.4 Å². The van der Waals surface area contributed by atoms with Gasteiger partial charge in [-0.15, -0.1) is 11.4 Å². The minimum absolute atomic E-state index is 0.185. The Morgan fingerprint density at radius 1 is 1.53 bits per heavy atom. The summed E-state index contributed by atoms with van der Waals surface area (Å²) in [6.45, 7) is 2.14. The zero-order valence-corrected chi connectivity index (χ0v) is 11.5. The number of allylic oxidation sites excluding steroid dienone is 3. The topological polar surface area (TPSA) is 20.3 Å². The van der Waals surface area contributed by atoms with Crippen LogP contribution in [0.1, 0.15) is 19.8 Å². The summed E-state index contributed by atoms with van der Waals surface area (Å²) in [5.41, 5.74) is 1.38. The molecule has 0 saturated heterocycles. The van der Waals surface area contributed by atoms with Crippen molar-refractivity contribution in [3.63, 3.8) is 0 Å². The Bertz CT molecular complexity index is 310. The number of hydrogen-bond acceptors (Lipinski definition) is 3. The van der Waals surface area contributed by atoms with Crippen LogP contribution in [0, 0.1) is 0 Å². The molecule has 1 aliphatic rings. The molecule has 0 saturated carbocycles. The van der Waals surface area contributed by atoms with E-state index in [1.54, 1.807) is 0 Å². The lowest BCUT2D eigenvalue weighted by Crippen LogP contribution is -2.01. The number of hydrogen-bond donors (Lipinski definition) is 0. The van der Waals surface area contributed by atoms with Crippen molar-refractivity contribution in [2.75, 3.05) is 20.4 Å². The molecular formula is C11H18NOPS. The highest BCUT2D eigenvalue weighted by Gasteiger charge is 2.34. The fourth-order valence-electron chi connectivity index (χ4n) is 1.57. The van der Waals surface area contributed by atoms with Crippen molar-refractivity contribution >= 4 is 24.8 Å². The lowest BCUT2D eigenvalue weighted by atomic mass is 10.2. The number of aldehydes is 1. The third kappa shape index (κ3) is 3.66. The molecule has 0 aromatic rings. The van der Waals surface area contributed by atoms with Gasteiger partial charge >= 0.3 is 0 Å². The van der Waals surface area contributed by atoms with E-state index < -0.39 is 0 Å². The zero-order valence-electron chi connectivity index (χ0n) is 9.78. The van der Waals surface area contributed by atoms with Gasteiger partial charge < -0.3 is 4.90 Å². The van der Waals surface area contributed by atoms with E-state index in [4.69, 9.17) is 0 Å². The maximum absolute atomic E-state index is 10.7. The number of carbonyl (C=O) groups excluding carboxylic acids is 1. The van der Waals surface area contributed by atoms with Crippen molar-refractivity contribution in [1.82, 2.24) is 4.90 Å². The summed E-state index contributed by atoms with van der Waals surface area (Å²) in [7, 11) is 3.88. The summed E-state index contributed by atoms with van der Waals surface area (Å²) in [4.78, 5) is 12.8. The van der Waals surface area contributed by atoms with Crippen LogP contribution >= 0.6 is 18.5 Å². The van der Waals surface area contributed by atoms with E-state index in [0.717, 1.165) is 24.4 Å². The van der Waals surface area contributed by atoms with Crippen LogP contribution in [-0.2, 0) is 4.79 Å². The van der Waals surface area contributed by atoms with Crippen LogP contribution in [0.25, 0.3) is 0 Å². The average Bonchev–Trinajstić information content (AvgIpc) is 2.85. The number of carbonyl (C=O) groups is 1. The molecule has 1 heterocycles. The minimum Gasteiger partial charge on any atom is -0.384 e. The fourth-order valence-corrected chi connectivity index (χ4v) is 5.45. The van der Waals surface area contributed by atoms with Gasteiger partial charge in [-0.25, -0.2) is 0 Å². The van der Waals surface area contributed by atoms with Crippen LogP contribution < -0.4 is 0 Å². The Labute approximate surface area is 97.3 Å². The molecule has 0 radical (unpaired) electrons. The van der Waals surface area contributed by atoms with Crippen LogP contribution in [0.4, 0.5) is 0 Å². The van der Waals surface area contributed by atoms with Crippen LogP contribution in [0.3, 0.4) is 0 Å². The highest BCUT2D eigenvalue weighted by Crippen LogP contribution is 2.77. The Kier molecular flexibility index (Phi) is 4.88. The molecule has 0 spiro atoms. The van der Waals surface area contributed by atoms with Gasteiger partial charge in [-0.2, -0.15) is 0 Å². The van der Waals surface area contributed by atoms with E-state index in [1.807, 2.05) is 25.5 Å². The van der Waals surface area contributed by atoms with E-state index in [-0.39, 0.29) is 7.12 Å². The molecule has 0 aromatic carbocycles. The molecular weight excluding hydrogens is 225 g/mol. The quantitative estimate of drug-likeness (QED) is 0.526. The van der Waals surface area contributed by atoms with Crippen LogP contribution in [0.5, 0.6) is 0 Å². The lowest BCUT2D eigenvalue weighted by molar-refractivity contribution is -0.104. The maximum atomic E-state index is 10.7. The summed E-state index contributed by atoms with van der Waals surface area (Å²) >= 11 is 1.83. The summed E-state index contributed by atoms with van der Waals surface area (Å²) in [5.74, 6) is 0. The molecule has 84 valence electrons. The standard InChI is InChI=1S/C11H18NOPS/c1-9(7-12(2)3)5-6-10-11(8-13)14(10)15-4/h7-8H,5-6H2,1-4H3/b9-7+. The molecule has 15 heavy (non-hydrogen) atoms. The Balaban J connectivity index is 2.39. The van der Waals surface area contributed by atoms with E-state index in [9.17, 15) is 4.79 Å². The number of nitrogens with zero attached hydrogens (tertiary/aromatic N) is 1. The first kappa shape index (κ1) is 12.8. The molecule has 0 fully saturated rings. The molecule has 0 aromatic heterocycles. The normalized spacial score (nSPS) is 20.5. The Hall–Kier alpha value is -0.270. The molecule has 0 aliphatic carbocycles. The second-order valence-corrected chi connectivity index (χ2v) is 8.03. The van der Waals surface area contributed by atoms with Crippen molar-refractivity contribution in [1.29, 1.82) is 0 Å². The largest absolute Gasteiger partial charge is 0.384 e. The molecule has 1 unspecified atom stereocenters. The molecule has 1 atom stereocenters. The first-order valence-electron chi connectivity index (χ1n) is 4.96. The second kappa shape index (κ2) is 5.72. The molecule has 2 nitrogen and oxygen atoms in total. The summed E-state index contributed by atoms with van der Waals surface area (Å²) in [6, 6.07) is 0. The SMILES string of the molecule is CSP1C(C=O)=C1CC/C(C)=C/N(C)C. The van der Waals surface area contributed by atoms with E-state index in [2.05, 4.69) is 24.3 Å². The predicted molar refractivity (Wildman–Crippen MR) is 70.2 cm³/mol. The van der Waals surface area contributed by atoms with Gasteiger partial charge in [-0.1, -0.05) is 5.57 Å². The Morgan fingerprint density at radius 2 is 2.20 bits per heavy atom.